The lowest BCUT2D eigenvalue weighted by Gasteiger charge is -2.31. The van der Waals surface area contributed by atoms with Crippen molar-refractivity contribution in [1.29, 1.82) is 0 Å². The van der Waals surface area contributed by atoms with Crippen LogP contribution in [-0.4, -0.2) is 8.07 Å². The molecule has 6 aromatic rings. The van der Waals surface area contributed by atoms with Crippen molar-refractivity contribution >= 4 is 28.8 Å². The van der Waals surface area contributed by atoms with Crippen LogP contribution in [0.1, 0.15) is 52.7 Å². The summed E-state index contributed by atoms with van der Waals surface area (Å²) in [6, 6.07) is 55.2. The minimum Gasteiger partial charge on any atom is -0.0623 e. The number of rotatable bonds is 4. The van der Waals surface area contributed by atoms with Crippen molar-refractivity contribution in [3.63, 3.8) is 0 Å². The summed E-state index contributed by atoms with van der Waals surface area (Å²) in [4.78, 5) is 0. The predicted molar refractivity (Wildman–Crippen MR) is 197 cm³/mol. The third-order valence-corrected chi connectivity index (χ3v) is 14.5. The summed E-state index contributed by atoms with van der Waals surface area (Å²) in [6.45, 7) is 13.9. The van der Waals surface area contributed by atoms with Gasteiger partial charge in [0.15, 0.2) is 8.07 Å². The van der Waals surface area contributed by atoms with Crippen LogP contribution in [0.2, 0.25) is 0 Å². The second-order valence-corrected chi connectivity index (χ2v) is 18.3. The topological polar surface area (TPSA) is 0 Å². The first-order chi connectivity index (χ1) is 21.6. The second-order valence-electron chi connectivity index (χ2n) is 14.6. The Morgan fingerprint density at radius 3 is 1.09 bits per heavy atom. The fourth-order valence-corrected chi connectivity index (χ4v) is 12.8. The minimum atomic E-state index is -2.57. The van der Waals surface area contributed by atoms with E-state index < -0.39 is 8.07 Å². The smallest absolute Gasteiger partial charge is 0.0623 e. The van der Waals surface area contributed by atoms with Gasteiger partial charge in [0.05, 0.1) is 0 Å². The molecular formula is C44H42Si. The minimum absolute atomic E-state index is 0.0456. The molecular weight excluding hydrogens is 557 g/mol. The van der Waals surface area contributed by atoms with Gasteiger partial charge in [-0.2, -0.15) is 0 Å². The van der Waals surface area contributed by atoms with E-state index in [1.807, 2.05) is 0 Å². The van der Waals surface area contributed by atoms with Crippen LogP contribution in [0.3, 0.4) is 0 Å². The maximum absolute atomic E-state index is 2.57. The molecule has 0 spiro atoms. The Morgan fingerprint density at radius 1 is 0.356 bits per heavy atom. The average Bonchev–Trinajstić information content (AvgIpc) is 3.34. The number of fused-ring (bicyclic) bond motifs is 3. The van der Waals surface area contributed by atoms with Crippen molar-refractivity contribution < 1.29 is 0 Å². The highest BCUT2D eigenvalue weighted by Crippen LogP contribution is 2.39. The van der Waals surface area contributed by atoms with Gasteiger partial charge >= 0.3 is 0 Å². The summed E-state index contributed by atoms with van der Waals surface area (Å²) in [7, 11) is -2.57. The van der Waals surface area contributed by atoms with Gasteiger partial charge in [-0.25, -0.2) is 0 Å². The van der Waals surface area contributed by atoms with E-state index in [2.05, 4.69) is 187 Å². The maximum atomic E-state index is 2.50. The standard InChI is InChI=1S/C44H42Si/c1-43(2,3)39-23-15-13-21-35(39)31-25-27-41-37(29-31)38-30-32(36-22-14-16-24-40(36)44(4,5)6)26-28-42(38)45(41,33-17-9-7-10-18-33)34-19-11-8-12-20-34/h7-30H,1-6H3. The van der Waals surface area contributed by atoms with E-state index >= 15 is 0 Å². The van der Waals surface area contributed by atoms with Gasteiger partial charge in [-0.3, -0.25) is 0 Å². The van der Waals surface area contributed by atoms with Crippen molar-refractivity contribution in [2.24, 2.45) is 0 Å². The monoisotopic (exact) mass is 598 g/mol. The molecule has 0 fully saturated rings. The fourth-order valence-electron chi connectivity index (χ4n) is 7.61. The van der Waals surface area contributed by atoms with Crippen molar-refractivity contribution in [3.05, 3.63) is 157 Å². The molecule has 7 rings (SSSR count). The molecule has 0 saturated carbocycles. The van der Waals surface area contributed by atoms with E-state index in [0.717, 1.165) is 0 Å². The number of hydrogen-bond acceptors (Lipinski definition) is 0. The van der Waals surface area contributed by atoms with Gasteiger partial charge in [-0.05, 0) is 88.2 Å². The summed E-state index contributed by atoms with van der Waals surface area (Å²) < 4.78 is 0. The Bertz CT molecular complexity index is 1850. The lowest BCUT2D eigenvalue weighted by Crippen LogP contribution is -2.72. The van der Waals surface area contributed by atoms with Gasteiger partial charge in [0, 0.05) is 0 Å². The molecule has 0 radical (unpaired) electrons. The van der Waals surface area contributed by atoms with E-state index in [4.69, 9.17) is 0 Å². The lowest BCUT2D eigenvalue weighted by molar-refractivity contribution is 0.591. The van der Waals surface area contributed by atoms with Crippen molar-refractivity contribution in [1.82, 2.24) is 0 Å². The highest BCUT2D eigenvalue weighted by molar-refractivity contribution is 7.22. The summed E-state index contributed by atoms with van der Waals surface area (Å²) in [5.41, 5.74) is 10.8. The zero-order valence-corrected chi connectivity index (χ0v) is 28.4. The SMILES string of the molecule is CC(C)(C)c1ccccc1-c1ccc2c(c1)-c1cc(-c3ccccc3C(C)(C)C)ccc1[Si]2(c1ccccc1)c1ccccc1. The molecule has 1 aliphatic rings. The van der Waals surface area contributed by atoms with Crippen molar-refractivity contribution in [2.75, 3.05) is 0 Å². The maximum Gasteiger partial charge on any atom is 0.180 e. The Kier molecular flexibility index (Phi) is 7.06. The molecule has 0 nitrogen and oxygen atoms in total. The highest BCUT2D eigenvalue weighted by Gasteiger charge is 2.48. The molecule has 6 aromatic carbocycles. The summed E-state index contributed by atoms with van der Waals surface area (Å²) >= 11 is 0. The van der Waals surface area contributed by atoms with Gasteiger partial charge in [-0.1, -0.05) is 175 Å². The van der Waals surface area contributed by atoms with Crippen LogP contribution >= 0.6 is 0 Å². The zero-order chi connectivity index (χ0) is 31.4. The van der Waals surface area contributed by atoms with E-state index in [1.54, 1.807) is 0 Å². The normalized spacial score (nSPS) is 13.7. The van der Waals surface area contributed by atoms with Crippen LogP contribution in [0.4, 0.5) is 0 Å². The fraction of sp³-hybridized carbons (Fsp3) is 0.182. The molecule has 0 atom stereocenters. The molecule has 1 aliphatic heterocycles. The Balaban J connectivity index is 1.57. The van der Waals surface area contributed by atoms with E-state index in [-0.39, 0.29) is 10.8 Å². The van der Waals surface area contributed by atoms with Gasteiger partial charge in [-0.15, -0.1) is 0 Å². The molecule has 0 aliphatic carbocycles. The van der Waals surface area contributed by atoms with Gasteiger partial charge < -0.3 is 0 Å². The first-order valence-electron chi connectivity index (χ1n) is 16.2. The second kappa shape index (κ2) is 10.9. The lowest BCUT2D eigenvalue weighted by atomic mass is 9.81. The quantitative estimate of drug-likeness (QED) is 0.177. The van der Waals surface area contributed by atoms with Gasteiger partial charge in [0.1, 0.15) is 0 Å². The van der Waals surface area contributed by atoms with E-state index in [0.29, 0.717) is 0 Å². The van der Waals surface area contributed by atoms with Gasteiger partial charge in [0.2, 0.25) is 0 Å². The number of hydrogen-bond donors (Lipinski definition) is 0. The summed E-state index contributed by atoms with van der Waals surface area (Å²) in [5, 5.41) is 5.82. The summed E-state index contributed by atoms with van der Waals surface area (Å²) in [5.74, 6) is 0. The van der Waals surface area contributed by atoms with Crippen molar-refractivity contribution in [3.8, 4) is 33.4 Å². The molecule has 0 aromatic heterocycles. The zero-order valence-electron chi connectivity index (χ0n) is 27.4. The van der Waals surface area contributed by atoms with E-state index in [9.17, 15) is 0 Å². The molecule has 45 heavy (non-hydrogen) atoms. The van der Waals surface area contributed by atoms with Crippen molar-refractivity contribution in [2.45, 2.75) is 52.4 Å². The average molecular weight is 599 g/mol. The largest absolute Gasteiger partial charge is 0.180 e. The molecule has 1 heteroatoms. The van der Waals surface area contributed by atoms with Crippen LogP contribution < -0.4 is 20.7 Å². The molecule has 0 N–H and O–H groups in total. The molecule has 0 unspecified atom stereocenters. The van der Waals surface area contributed by atoms with E-state index in [1.165, 1.54) is 65.3 Å². The Hall–Kier alpha value is -4.46. The third kappa shape index (κ3) is 4.82. The van der Waals surface area contributed by atoms with Crippen LogP contribution in [0.5, 0.6) is 0 Å². The molecule has 1 heterocycles. The number of benzene rings is 6. The molecule has 0 bridgehead atoms. The molecule has 222 valence electrons. The summed E-state index contributed by atoms with van der Waals surface area (Å²) in [6.07, 6.45) is 0. The van der Waals surface area contributed by atoms with Crippen LogP contribution in [0.25, 0.3) is 33.4 Å². The van der Waals surface area contributed by atoms with Gasteiger partial charge in [0.25, 0.3) is 0 Å². The Morgan fingerprint density at radius 2 is 0.711 bits per heavy atom. The van der Waals surface area contributed by atoms with Crippen LogP contribution in [0.15, 0.2) is 146 Å². The van der Waals surface area contributed by atoms with Crippen LogP contribution in [0, 0.1) is 0 Å². The molecule has 0 saturated heterocycles. The van der Waals surface area contributed by atoms with Crippen LogP contribution in [-0.2, 0) is 10.8 Å². The predicted octanol–water partition coefficient (Wildman–Crippen LogP) is 8.97. The highest BCUT2D eigenvalue weighted by atomic mass is 28.3. The first kappa shape index (κ1) is 29.3. The Labute approximate surface area is 270 Å². The molecule has 0 amide bonds. The third-order valence-electron chi connectivity index (χ3n) is 9.64. The first-order valence-corrected chi connectivity index (χ1v) is 18.2.